The first kappa shape index (κ1) is 11.3. The molecular weight excluding hydrogens is 192 g/mol. The molecule has 1 aromatic rings. The molecule has 0 fully saturated rings. The van der Waals surface area contributed by atoms with Crippen LogP contribution < -0.4 is 11.5 Å². The van der Waals surface area contributed by atoms with E-state index in [4.69, 9.17) is 16.6 Å². The molecule has 0 aliphatic rings. The summed E-state index contributed by atoms with van der Waals surface area (Å²) in [5, 5.41) is 8.81. The third-order valence-electron chi connectivity index (χ3n) is 1.87. The van der Waals surface area contributed by atoms with Crippen molar-refractivity contribution in [2.75, 3.05) is 12.3 Å². The van der Waals surface area contributed by atoms with Crippen molar-refractivity contribution in [3.8, 4) is 0 Å². The predicted molar refractivity (Wildman–Crippen MR) is 60.5 cm³/mol. The second-order valence-electron chi connectivity index (χ2n) is 3.17. The van der Waals surface area contributed by atoms with E-state index in [1.807, 2.05) is 12.2 Å². The Labute approximate surface area is 88.2 Å². The Balaban J connectivity index is 2.93. The second-order valence-corrected chi connectivity index (χ2v) is 3.17. The normalized spacial score (nSPS) is 10.7. The Kier molecular flexibility index (Phi) is 3.88. The van der Waals surface area contributed by atoms with Crippen LogP contribution in [0.5, 0.6) is 0 Å². The van der Waals surface area contributed by atoms with Gasteiger partial charge in [0.1, 0.15) is 0 Å². The van der Waals surface area contributed by atoms with E-state index in [1.54, 1.807) is 12.1 Å². The molecule has 0 atom stereocenters. The number of aromatic carboxylic acids is 1. The summed E-state index contributed by atoms with van der Waals surface area (Å²) in [6, 6.07) is 4.73. The molecule has 0 bridgehead atoms. The molecule has 4 heteroatoms. The molecule has 0 amide bonds. The fourth-order valence-corrected chi connectivity index (χ4v) is 1.21. The van der Waals surface area contributed by atoms with Gasteiger partial charge in [-0.1, -0.05) is 12.2 Å². The maximum Gasteiger partial charge on any atom is 0.335 e. The number of nitrogen functional groups attached to an aromatic ring is 1. The van der Waals surface area contributed by atoms with E-state index in [0.29, 0.717) is 12.2 Å². The number of carboxylic acids is 1. The SMILES string of the molecule is NCCC=Cc1cc(N)cc(C(=O)O)c1. The molecule has 5 N–H and O–H groups in total. The third kappa shape index (κ3) is 3.44. The molecule has 0 heterocycles. The van der Waals surface area contributed by atoms with Crippen LogP contribution in [0.3, 0.4) is 0 Å². The summed E-state index contributed by atoms with van der Waals surface area (Å²) in [4.78, 5) is 10.7. The summed E-state index contributed by atoms with van der Waals surface area (Å²) in [6.07, 6.45) is 4.47. The van der Waals surface area contributed by atoms with Gasteiger partial charge in [0.15, 0.2) is 0 Å². The highest BCUT2D eigenvalue weighted by atomic mass is 16.4. The van der Waals surface area contributed by atoms with Gasteiger partial charge in [-0.15, -0.1) is 0 Å². The molecule has 15 heavy (non-hydrogen) atoms. The lowest BCUT2D eigenvalue weighted by Gasteiger charge is -2.00. The molecule has 0 aliphatic carbocycles. The minimum absolute atomic E-state index is 0.197. The highest BCUT2D eigenvalue weighted by Crippen LogP contribution is 2.13. The van der Waals surface area contributed by atoms with Crippen LogP contribution in [-0.2, 0) is 0 Å². The van der Waals surface area contributed by atoms with Crippen LogP contribution in [0.15, 0.2) is 24.3 Å². The van der Waals surface area contributed by atoms with Crippen molar-refractivity contribution in [1.29, 1.82) is 0 Å². The average molecular weight is 206 g/mol. The van der Waals surface area contributed by atoms with Crippen molar-refractivity contribution in [2.45, 2.75) is 6.42 Å². The predicted octanol–water partition coefficient (Wildman–Crippen LogP) is 1.33. The van der Waals surface area contributed by atoms with Gasteiger partial charge in [-0.25, -0.2) is 4.79 Å². The molecule has 0 radical (unpaired) electrons. The molecule has 0 spiro atoms. The topological polar surface area (TPSA) is 89.3 Å². The number of hydrogen-bond acceptors (Lipinski definition) is 3. The van der Waals surface area contributed by atoms with Gasteiger partial charge in [-0.05, 0) is 36.7 Å². The fraction of sp³-hybridized carbons (Fsp3) is 0.182. The lowest BCUT2D eigenvalue weighted by Crippen LogP contribution is -1.98. The van der Waals surface area contributed by atoms with Crippen LogP contribution in [0.4, 0.5) is 5.69 Å². The van der Waals surface area contributed by atoms with Crippen LogP contribution in [0.1, 0.15) is 22.3 Å². The van der Waals surface area contributed by atoms with Crippen molar-refractivity contribution in [2.24, 2.45) is 5.73 Å². The Hall–Kier alpha value is -1.81. The molecule has 0 saturated carbocycles. The fourth-order valence-electron chi connectivity index (χ4n) is 1.21. The number of carboxylic acid groups (broad SMARTS) is 1. The molecule has 0 unspecified atom stereocenters. The highest BCUT2D eigenvalue weighted by molar-refractivity contribution is 5.89. The van der Waals surface area contributed by atoms with E-state index < -0.39 is 5.97 Å². The molecule has 1 rings (SSSR count). The summed E-state index contributed by atoms with van der Waals surface area (Å²) in [5.41, 5.74) is 12.3. The monoisotopic (exact) mass is 206 g/mol. The van der Waals surface area contributed by atoms with Crippen LogP contribution in [-0.4, -0.2) is 17.6 Å². The van der Waals surface area contributed by atoms with Crippen molar-refractivity contribution in [3.05, 3.63) is 35.4 Å². The second kappa shape index (κ2) is 5.17. The van der Waals surface area contributed by atoms with Gasteiger partial charge in [-0.3, -0.25) is 0 Å². The molecule has 0 saturated heterocycles. The van der Waals surface area contributed by atoms with Crippen LogP contribution in [0.25, 0.3) is 6.08 Å². The minimum atomic E-state index is -0.976. The van der Waals surface area contributed by atoms with Crippen LogP contribution >= 0.6 is 0 Å². The summed E-state index contributed by atoms with van der Waals surface area (Å²) in [5.74, 6) is -0.976. The Bertz CT molecular complexity index is 386. The minimum Gasteiger partial charge on any atom is -0.478 e. The molecule has 0 aromatic heterocycles. The van der Waals surface area contributed by atoms with E-state index in [0.717, 1.165) is 12.0 Å². The Morgan fingerprint density at radius 1 is 1.40 bits per heavy atom. The van der Waals surface area contributed by atoms with Crippen molar-refractivity contribution in [3.63, 3.8) is 0 Å². The third-order valence-corrected chi connectivity index (χ3v) is 1.87. The quantitative estimate of drug-likeness (QED) is 0.648. The van der Waals surface area contributed by atoms with E-state index in [2.05, 4.69) is 0 Å². The van der Waals surface area contributed by atoms with Gasteiger partial charge in [-0.2, -0.15) is 0 Å². The number of carbonyl (C=O) groups is 1. The van der Waals surface area contributed by atoms with Gasteiger partial charge < -0.3 is 16.6 Å². The maximum absolute atomic E-state index is 10.7. The number of hydrogen-bond donors (Lipinski definition) is 3. The largest absolute Gasteiger partial charge is 0.478 e. The first-order chi connectivity index (χ1) is 7.13. The first-order valence-electron chi connectivity index (χ1n) is 4.64. The van der Waals surface area contributed by atoms with E-state index in [9.17, 15) is 4.79 Å². The number of benzene rings is 1. The van der Waals surface area contributed by atoms with E-state index in [1.165, 1.54) is 6.07 Å². The molecule has 4 nitrogen and oxygen atoms in total. The Morgan fingerprint density at radius 2 is 2.13 bits per heavy atom. The smallest absolute Gasteiger partial charge is 0.335 e. The Morgan fingerprint density at radius 3 is 2.73 bits per heavy atom. The van der Waals surface area contributed by atoms with Gasteiger partial charge in [0, 0.05) is 5.69 Å². The molecule has 80 valence electrons. The summed E-state index contributed by atoms with van der Waals surface area (Å²) in [6.45, 7) is 0.574. The zero-order chi connectivity index (χ0) is 11.3. The van der Waals surface area contributed by atoms with Gasteiger partial charge in [0.25, 0.3) is 0 Å². The van der Waals surface area contributed by atoms with Gasteiger partial charge in [0.05, 0.1) is 5.56 Å². The number of anilines is 1. The zero-order valence-corrected chi connectivity index (χ0v) is 8.31. The van der Waals surface area contributed by atoms with Gasteiger partial charge in [0.2, 0.25) is 0 Å². The van der Waals surface area contributed by atoms with Gasteiger partial charge >= 0.3 is 5.97 Å². The van der Waals surface area contributed by atoms with E-state index >= 15 is 0 Å². The maximum atomic E-state index is 10.7. The lowest BCUT2D eigenvalue weighted by atomic mass is 10.1. The number of nitrogens with two attached hydrogens (primary N) is 2. The van der Waals surface area contributed by atoms with E-state index in [-0.39, 0.29) is 5.56 Å². The molecule has 1 aromatic carbocycles. The van der Waals surface area contributed by atoms with Crippen molar-refractivity contribution < 1.29 is 9.90 Å². The standard InChI is InChI=1S/C11H14N2O2/c12-4-2-1-3-8-5-9(11(14)15)7-10(13)6-8/h1,3,5-7H,2,4,12-13H2,(H,14,15). The molecule has 0 aliphatic heterocycles. The summed E-state index contributed by atoms with van der Waals surface area (Å²) >= 11 is 0. The lowest BCUT2D eigenvalue weighted by molar-refractivity contribution is 0.0697. The highest BCUT2D eigenvalue weighted by Gasteiger charge is 2.03. The number of rotatable bonds is 4. The molecular formula is C11H14N2O2. The van der Waals surface area contributed by atoms with Crippen LogP contribution in [0, 0.1) is 0 Å². The average Bonchev–Trinajstić information content (AvgIpc) is 2.17. The van der Waals surface area contributed by atoms with Crippen molar-refractivity contribution in [1.82, 2.24) is 0 Å². The van der Waals surface area contributed by atoms with Crippen molar-refractivity contribution >= 4 is 17.7 Å². The van der Waals surface area contributed by atoms with Crippen LogP contribution in [0.2, 0.25) is 0 Å². The summed E-state index contributed by atoms with van der Waals surface area (Å²) in [7, 11) is 0. The summed E-state index contributed by atoms with van der Waals surface area (Å²) < 4.78 is 0. The first-order valence-corrected chi connectivity index (χ1v) is 4.64. The zero-order valence-electron chi connectivity index (χ0n) is 8.31.